The van der Waals surface area contributed by atoms with E-state index in [9.17, 15) is 4.39 Å². The summed E-state index contributed by atoms with van der Waals surface area (Å²) < 4.78 is 19.8. The highest BCUT2D eigenvalue weighted by Crippen LogP contribution is 2.23. The van der Waals surface area contributed by atoms with Gasteiger partial charge in [0.2, 0.25) is 5.88 Å². The van der Waals surface area contributed by atoms with Crippen LogP contribution in [0.4, 0.5) is 4.39 Å². The van der Waals surface area contributed by atoms with Crippen LogP contribution in [-0.4, -0.2) is 33.1 Å². The molecular formula is C23H21ClFN5O. The zero-order valence-corrected chi connectivity index (χ0v) is 17.5. The highest BCUT2D eigenvalue weighted by atomic mass is 35.5. The molecular weight excluding hydrogens is 417 g/mol. The molecule has 0 radical (unpaired) electrons. The van der Waals surface area contributed by atoms with Crippen LogP contribution in [0.5, 0.6) is 5.88 Å². The molecule has 0 aliphatic heterocycles. The van der Waals surface area contributed by atoms with E-state index in [1.54, 1.807) is 18.3 Å². The highest BCUT2D eigenvalue weighted by Gasteiger charge is 2.15. The molecule has 0 aliphatic carbocycles. The zero-order valence-electron chi connectivity index (χ0n) is 16.7. The molecule has 4 aromatic rings. The van der Waals surface area contributed by atoms with Gasteiger partial charge in [0.15, 0.2) is 0 Å². The fraction of sp³-hybridized carbons (Fsp3) is 0.174. The molecule has 0 fully saturated rings. The normalized spacial score (nSPS) is 10.9. The summed E-state index contributed by atoms with van der Waals surface area (Å²) >= 11 is 6.17. The first-order valence-electron chi connectivity index (χ1n) is 9.87. The van der Waals surface area contributed by atoms with Gasteiger partial charge in [0.25, 0.3) is 0 Å². The van der Waals surface area contributed by atoms with Gasteiger partial charge in [-0.1, -0.05) is 54.1 Å². The first kappa shape index (κ1) is 21.0. The molecule has 1 N–H and O–H groups in total. The van der Waals surface area contributed by atoms with Gasteiger partial charge in [0.1, 0.15) is 23.8 Å². The van der Waals surface area contributed by atoms with Crippen molar-refractivity contribution < 1.29 is 9.13 Å². The quantitative estimate of drug-likeness (QED) is 0.394. The number of rotatable bonds is 9. The largest absolute Gasteiger partial charge is 0.476 e. The number of nitrogens with one attached hydrogen (secondary N) is 1. The van der Waals surface area contributed by atoms with Crippen molar-refractivity contribution in [3.05, 3.63) is 95.0 Å². The van der Waals surface area contributed by atoms with Gasteiger partial charge in [0, 0.05) is 41.5 Å². The number of hydrogen-bond donors (Lipinski definition) is 1. The summed E-state index contributed by atoms with van der Waals surface area (Å²) in [6.45, 7) is 1.71. The van der Waals surface area contributed by atoms with Gasteiger partial charge in [-0.25, -0.2) is 9.37 Å². The van der Waals surface area contributed by atoms with Gasteiger partial charge in [-0.05, 0) is 18.2 Å². The summed E-state index contributed by atoms with van der Waals surface area (Å²) in [7, 11) is 0. The molecule has 0 saturated carbocycles. The molecule has 2 heterocycles. The molecule has 0 amide bonds. The van der Waals surface area contributed by atoms with Crippen molar-refractivity contribution in [3.63, 3.8) is 0 Å². The Balaban J connectivity index is 1.46. The van der Waals surface area contributed by atoms with Crippen molar-refractivity contribution in [2.75, 3.05) is 13.2 Å². The molecule has 8 heteroatoms. The first-order valence-corrected chi connectivity index (χ1v) is 10.3. The number of ether oxygens (including phenoxy) is 1. The molecule has 0 saturated heterocycles. The summed E-state index contributed by atoms with van der Waals surface area (Å²) in [4.78, 5) is 5.61. The standard InChI is InChI=1S/C23H21ClFN5O/c24-19-9-6-10-20(25)18(19)16-30-28-21(23(29-30)17-7-2-1-3-8-17)15-26-13-14-31-22-11-4-5-12-27-22/h1-12,26H,13-16H2. The van der Waals surface area contributed by atoms with Gasteiger partial charge < -0.3 is 10.1 Å². The van der Waals surface area contributed by atoms with Gasteiger partial charge in [-0.2, -0.15) is 15.0 Å². The van der Waals surface area contributed by atoms with Crippen LogP contribution in [0, 0.1) is 5.82 Å². The van der Waals surface area contributed by atoms with Gasteiger partial charge in [-0.3, -0.25) is 0 Å². The molecule has 0 bridgehead atoms. The number of aromatic nitrogens is 4. The Labute approximate surface area is 184 Å². The Hall–Kier alpha value is -3.29. The first-order chi connectivity index (χ1) is 15.2. The van der Waals surface area contributed by atoms with Crippen molar-refractivity contribution in [1.29, 1.82) is 0 Å². The molecule has 2 aromatic heterocycles. The Morgan fingerprint density at radius 3 is 2.58 bits per heavy atom. The molecule has 2 aromatic carbocycles. The van der Waals surface area contributed by atoms with Gasteiger partial charge >= 0.3 is 0 Å². The lowest BCUT2D eigenvalue weighted by Crippen LogP contribution is -2.21. The van der Waals surface area contributed by atoms with E-state index in [4.69, 9.17) is 16.3 Å². The predicted octanol–water partition coefficient (Wildman–Crippen LogP) is 4.35. The SMILES string of the molecule is Fc1cccc(Cl)c1Cn1nc(CNCCOc2ccccn2)c(-c2ccccc2)n1. The second-order valence-electron chi connectivity index (χ2n) is 6.79. The maximum absolute atomic E-state index is 14.2. The third-order valence-electron chi connectivity index (χ3n) is 4.59. The molecule has 0 spiro atoms. The fourth-order valence-electron chi connectivity index (χ4n) is 3.08. The minimum Gasteiger partial charge on any atom is -0.476 e. The van der Waals surface area contributed by atoms with Crippen LogP contribution in [0.3, 0.4) is 0 Å². The molecule has 31 heavy (non-hydrogen) atoms. The van der Waals surface area contributed by atoms with Gasteiger partial charge in [0.05, 0.1) is 6.54 Å². The number of pyridine rings is 1. The van der Waals surface area contributed by atoms with E-state index in [1.807, 2.05) is 48.5 Å². The van der Waals surface area contributed by atoms with E-state index >= 15 is 0 Å². The Morgan fingerprint density at radius 2 is 1.81 bits per heavy atom. The second kappa shape index (κ2) is 10.1. The van der Waals surface area contributed by atoms with Crippen molar-refractivity contribution in [2.45, 2.75) is 13.1 Å². The number of hydrogen-bond acceptors (Lipinski definition) is 5. The van der Waals surface area contributed by atoms with Crippen LogP contribution in [0.15, 0.2) is 72.9 Å². The summed E-state index contributed by atoms with van der Waals surface area (Å²) in [5.74, 6) is 0.208. The van der Waals surface area contributed by atoms with Crippen molar-refractivity contribution in [1.82, 2.24) is 25.3 Å². The van der Waals surface area contributed by atoms with E-state index in [0.717, 1.165) is 17.0 Å². The van der Waals surface area contributed by atoms with Crippen molar-refractivity contribution in [3.8, 4) is 17.1 Å². The van der Waals surface area contributed by atoms with E-state index in [2.05, 4.69) is 20.5 Å². The average molecular weight is 438 g/mol. The third kappa shape index (κ3) is 5.45. The lowest BCUT2D eigenvalue weighted by atomic mass is 10.1. The molecule has 0 aliphatic rings. The lowest BCUT2D eigenvalue weighted by molar-refractivity contribution is 0.302. The van der Waals surface area contributed by atoms with Crippen LogP contribution in [-0.2, 0) is 13.1 Å². The van der Waals surface area contributed by atoms with Crippen LogP contribution in [0.2, 0.25) is 5.02 Å². The number of benzene rings is 2. The minimum atomic E-state index is -0.377. The molecule has 0 atom stereocenters. The zero-order chi connectivity index (χ0) is 21.5. The van der Waals surface area contributed by atoms with E-state index in [1.165, 1.54) is 10.9 Å². The predicted molar refractivity (Wildman–Crippen MR) is 117 cm³/mol. The van der Waals surface area contributed by atoms with Crippen LogP contribution < -0.4 is 10.1 Å². The minimum absolute atomic E-state index is 0.147. The van der Waals surface area contributed by atoms with E-state index in [0.29, 0.717) is 36.2 Å². The second-order valence-corrected chi connectivity index (χ2v) is 7.19. The number of halogens is 2. The van der Waals surface area contributed by atoms with Crippen molar-refractivity contribution in [2.24, 2.45) is 0 Å². The monoisotopic (exact) mass is 437 g/mol. The van der Waals surface area contributed by atoms with Gasteiger partial charge in [-0.15, -0.1) is 0 Å². The van der Waals surface area contributed by atoms with E-state index in [-0.39, 0.29) is 12.4 Å². The lowest BCUT2D eigenvalue weighted by Gasteiger charge is -2.06. The molecule has 6 nitrogen and oxygen atoms in total. The third-order valence-corrected chi connectivity index (χ3v) is 4.95. The summed E-state index contributed by atoms with van der Waals surface area (Å²) in [5, 5.41) is 12.9. The highest BCUT2D eigenvalue weighted by molar-refractivity contribution is 6.31. The maximum Gasteiger partial charge on any atom is 0.213 e. The van der Waals surface area contributed by atoms with Crippen molar-refractivity contribution >= 4 is 11.6 Å². The number of nitrogens with zero attached hydrogens (tertiary/aromatic N) is 4. The Kier molecular flexibility index (Phi) is 6.86. The summed E-state index contributed by atoms with van der Waals surface area (Å²) in [6, 6.07) is 19.9. The smallest absolute Gasteiger partial charge is 0.213 e. The topological polar surface area (TPSA) is 64.9 Å². The molecule has 4 rings (SSSR count). The molecule has 0 unspecified atom stereocenters. The van der Waals surface area contributed by atoms with Crippen LogP contribution in [0.1, 0.15) is 11.3 Å². The summed E-state index contributed by atoms with van der Waals surface area (Å²) in [6.07, 6.45) is 1.69. The molecule has 158 valence electrons. The van der Waals surface area contributed by atoms with Crippen LogP contribution in [0.25, 0.3) is 11.3 Å². The maximum atomic E-state index is 14.2. The Morgan fingerprint density at radius 1 is 0.968 bits per heavy atom. The average Bonchev–Trinajstić information content (AvgIpc) is 3.20. The fourth-order valence-corrected chi connectivity index (χ4v) is 3.31. The van der Waals surface area contributed by atoms with Crippen LogP contribution >= 0.6 is 11.6 Å². The Bertz CT molecular complexity index is 1100. The van der Waals surface area contributed by atoms with E-state index < -0.39 is 0 Å². The summed E-state index contributed by atoms with van der Waals surface area (Å²) in [5.41, 5.74) is 2.81.